The van der Waals surface area contributed by atoms with E-state index in [1.54, 1.807) is 54.6 Å². The molecule has 0 aliphatic rings. The lowest BCUT2D eigenvalue weighted by atomic mass is 10.0. The molecule has 17 heteroatoms. The van der Waals surface area contributed by atoms with E-state index >= 15 is 0 Å². The fraction of sp³-hybridized carbons (Fsp3) is 0.422. The second kappa shape index (κ2) is 24.3. The van der Waals surface area contributed by atoms with Crippen molar-refractivity contribution in [2.75, 3.05) is 30.5 Å². The number of fused-ring (bicyclic) bond motifs is 1. The minimum absolute atomic E-state index is 0.0136. The zero-order valence-electron chi connectivity index (χ0n) is 35.5. The van der Waals surface area contributed by atoms with Gasteiger partial charge in [-0.25, -0.2) is 9.48 Å². The number of carbonyl (C=O) groups is 3. The number of rotatable bonds is 25. The molecule has 1 heterocycles. The highest BCUT2D eigenvalue weighted by Crippen LogP contribution is 2.37. The third kappa shape index (κ3) is 13.1. The van der Waals surface area contributed by atoms with E-state index in [4.69, 9.17) is 14.2 Å². The van der Waals surface area contributed by atoms with Gasteiger partial charge in [-0.1, -0.05) is 126 Å². The van der Waals surface area contributed by atoms with Crippen molar-refractivity contribution in [3.05, 3.63) is 94.0 Å². The van der Waals surface area contributed by atoms with E-state index in [0.717, 1.165) is 38.5 Å². The molecule has 0 aliphatic carbocycles. The highest BCUT2D eigenvalue weighted by atomic mass is 32.2. The fourth-order valence-corrected chi connectivity index (χ4v) is 7.64. The van der Waals surface area contributed by atoms with E-state index in [1.807, 2.05) is 6.92 Å². The molecule has 1 aromatic heterocycles. The Balaban J connectivity index is 1.35. The monoisotopic (exact) mass is 869 g/mol. The Morgan fingerprint density at radius 2 is 1.58 bits per heavy atom. The topological polar surface area (TPSA) is 201 Å². The van der Waals surface area contributed by atoms with Crippen LogP contribution >= 0.6 is 11.8 Å². The first kappa shape index (κ1) is 46.8. The number of methoxy groups -OCH3 is 1. The molecule has 62 heavy (non-hydrogen) atoms. The molecule has 0 unspecified atom stereocenters. The number of aromatic hydroxyl groups is 1. The Morgan fingerprint density at radius 1 is 0.855 bits per heavy atom. The molecule has 0 fully saturated rings. The van der Waals surface area contributed by atoms with Crippen molar-refractivity contribution in [3.63, 3.8) is 0 Å². The molecule has 0 spiro atoms. The van der Waals surface area contributed by atoms with E-state index in [2.05, 4.69) is 27.8 Å². The van der Waals surface area contributed by atoms with Gasteiger partial charge in [0.1, 0.15) is 18.0 Å². The Labute approximate surface area is 365 Å². The normalized spacial score (nSPS) is 11.0. The number of phenols is 1. The first-order chi connectivity index (χ1) is 30.1. The summed E-state index contributed by atoms with van der Waals surface area (Å²) in [5.74, 6) is -0.905. The zero-order valence-corrected chi connectivity index (χ0v) is 36.4. The molecule has 4 aromatic carbocycles. The predicted octanol–water partition coefficient (Wildman–Crippen LogP) is 10.3. The van der Waals surface area contributed by atoms with Gasteiger partial charge in [0.15, 0.2) is 0 Å². The summed E-state index contributed by atoms with van der Waals surface area (Å²) in [6, 6.07) is 19.4. The molecular formula is C45H55N7O9S. The van der Waals surface area contributed by atoms with Gasteiger partial charge in [0.05, 0.1) is 35.6 Å². The number of benzene rings is 4. The average Bonchev–Trinajstić information content (AvgIpc) is 3.71. The summed E-state index contributed by atoms with van der Waals surface area (Å²) in [4.78, 5) is 53.0. The van der Waals surface area contributed by atoms with E-state index in [9.17, 15) is 29.6 Å². The quantitative estimate of drug-likeness (QED) is 0.0185. The van der Waals surface area contributed by atoms with Crippen molar-refractivity contribution in [2.45, 2.75) is 108 Å². The van der Waals surface area contributed by atoms with Gasteiger partial charge in [-0.15, -0.1) is 5.10 Å². The van der Waals surface area contributed by atoms with Gasteiger partial charge in [0.2, 0.25) is 10.9 Å². The number of hydrogen-bond donors (Lipinski definition) is 2. The lowest BCUT2D eigenvalue weighted by Gasteiger charge is -2.24. The molecule has 0 aliphatic heterocycles. The SMILES string of the molecule is CCCCCCCCCCCCN(C(=O)Oc1ccc(CSc2nnnn2CC(=O)OCCCC)cc1[N+](=O)[O-])c1cccc2c(O)c(C(=O)Nc3ccccc3OC)ccc12. The number of tetrazole rings is 1. The maximum Gasteiger partial charge on any atom is 0.420 e. The number of nitro groups is 1. The lowest BCUT2D eigenvalue weighted by molar-refractivity contribution is -0.385. The summed E-state index contributed by atoms with van der Waals surface area (Å²) in [6.45, 7) is 4.54. The summed E-state index contributed by atoms with van der Waals surface area (Å²) in [6.07, 6.45) is 11.6. The lowest BCUT2D eigenvalue weighted by Crippen LogP contribution is -2.34. The third-order valence-electron chi connectivity index (χ3n) is 10.2. The van der Waals surface area contributed by atoms with Crippen molar-refractivity contribution < 1.29 is 38.6 Å². The van der Waals surface area contributed by atoms with Gasteiger partial charge in [0, 0.05) is 29.1 Å². The number of aromatic nitrogens is 4. The number of nitro benzene ring substituents is 1. The minimum atomic E-state index is -0.846. The number of para-hydroxylation sites is 2. The van der Waals surface area contributed by atoms with Crippen molar-refractivity contribution >= 4 is 57.6 Å². The molecule has 0 saturated carbocycles. The van der Waals surface area contributed by atoms with Gasteiger partial charge in [-0.2, -0.15) is 0 Å². The van der Waals surface area contributed by atoms with Crippen LogP contribution in [0.2, 0.25) is 0 Å². The number of hydrogen-bond acceptors (Lipinski definition) is 13. The molecule has 0 saturated heterocycles. The second-order valence-corrected chi connectivity index (χ2v) is 15.7. The van der Waals surface area contributed by atoms with Crippen LogP contribution in [0.1, 0.15) is 107 Å². The fourth-order valence-electron chi connectivity index (χ4n) is 6.83. The zero-order chi connectivity index (χ0) is 44.3. The molecule has 16 nitrogen and oxygen atoms in total. The smallest absolute Gasteiger partial charge is 0.420 e. The highest BCUT2D eigenvalue weighted by Gasteiger charge is 2.26. The van der Waals surface area contributed by atoms with E-state index in [1.165, 1.54) is 78.8 Å². The number of phenolic OH excluding ortho intramolecular Hbond substituents is 1. The number of thioether (sulfide) groups is 1. The van der Waals surface area contributed by atoms with Crippen LogP contribution in [0.5, 0.6) is 17.2 Å². The standard InChI is InChI=1S/C45H55N7O9S/c1-4-6-8-9-10-11-12-13-14-17-27-50(37-21-18-19-34-33(37)24-25-35(42(34)54)43(55)46-36-20-15-16-22-39(36)59-3)45(56)61-40-26-23-32(29-38(40)52(57)58)31-62-44-47-48-49-51(44)30-41(53)60-28-7-5-2/h15-16,18-26,29,54H,4-14,17,27-28,30-31H2,1-3H3,(H,46,55). The summed E-state index contributed by atoms with van der Waals surface area (Å²) >= 11 is 1.18. The Morgan fingerprint density at radius 3 is 2.31 bits per heavy atom. The van der Waals surface area contributed by atoms with Crippen molar-refractivity contribution in [3.8, 4) is 17.2 Å². The number of nitrogens with one attached hydrogen (secondary N) is 1. The van der Waals surface area contributed by atoms with Crippen molar-refractivity contribution in [1.29, 1.82) is 0 Å². The summed E-state index contributed by atoms with van der Waals surface area (Å²) in [7, 11) is 1.49. The van der Waals surface area contributed by atoms with Crippen molar-refractivity contribution in [2.24, 2.45) is 0 Å². The molecule has 0 bridgehead atoms. The average molecular weight is 870 g/mol. The number of esters is 1. The molecule has 5 aromatic rings. The summed E-state index contributed by atoms with van der Waals surface area (Å²) < 4.78 is 17.7. The Hall–Kier alpha value is -6.23. The van der Waals surface area contributed by atoms with Gasteiger partial charge in [-0.05, 0) is 59.2 Å². The number of unbranched alkanes of at least 4 members (excludes halogenated alkanes) is 10. The Bertz CT molecular complexity index is 2290. The van der Waals surface area contributed by atoms with Crippen LogP contribution in [0.25, 0.3) is 10.8 Å². The third-order valence-corrected chi connectivity index (χ3v) is 11.2. The molecular weight excluding hydrogens is 815 g/mol. The van der Waals surface area contributed by atoms with E-state index in [0.29, 0.717) is 51.6 Å². The van der Waals surface area contributed by atoms with Crippen molar-refractivity contribution in [1.82, 2.24) is 20.2 Å². The summed E-state index contributed by atoms with van der Waals surface area (Å²) in [5.41, 5.74) is 0.949. The number of amides is 2. The molecule has 330 valence electrons. The number of anilines is 2. The van der Waals surface area contributed by atoms with Crippen LogP contribution in [0.15, 0.2) is 78.0 Å². The predicted molar refractivity (Wildman–Crippen MR) is 238 cm³/mol. The summed E-state index contributed by atoms with van der Waals surface area (Å²) in [5, 5.41) is 39.2. The molecule has 5 rings (SSSR count). The van der Waals surface area contributed by atoms with Gasteiger partial charge in [-0.3, -0.25) is 24.6 Å². The molecule has 0 radical (unpaired) electrons. The number of carbonyl (C=O) groups excluding carboxylic acids is 3. The minimum Gasteiger partial charge on any atom is -0.506 e. The second-order valence-electron chi connectivity index (χ2n) is 14.7. The van der Waals surface area contributed by atoms with Gasteiger partial charge < -0.3 is 24.6 Å². The first-order valence-corrected chi connectivity index (χ1v) is 22.1. The first-order valence-electron chi connectivity index (χ1n) is 21.1. The van der Waals surface area contributed by atoms with Gasteiger partial charge in [0.25, 0.3) is 5.91 Å². The largest absolute Gasteiger partial charge is 0.506 e. The molecule has 2 amide bonds. The number of ether oxygens (including phenoxy) is 3. The van der Waals surface area contributed by atoms with Crippen LogP contribution in [0.3, 0.4) is 0 Å². The van der Waals surface area contributed by atoms with E-state index in [-0.39, 0.29) is 35.9 Å². The van der Waals surface area contributed by atoms with Crippen LogP contribution in [-0.4, -0.2) is 68.5 Å². The maximum atomic E-state index is 14.2. The van der Waals surface area contributed by atoms with Crippen LogP contribution in [-0.2, 0) is 21.8 Å². The van der Waals surface area contributed by atoms with Crippen LogP contribution in [0, 0.1) is 10.1 Å². The van der Waals surface area contributed by atoms with Gasteiger partial charge >= 0.3 is 17.7 Å². The van der Waals surface area contributed by atoms with Crippen LogP contribution < -0.4 is 19.7 Å². The molecule has 2 N–H and O–H groups in total. The van der Waals surface area contributed by atoms with E-state index < -0.39 is 28.6 Å². The highest BCUT2D eigenvalue weighted by molar-refractivity contribution is 7.98. The molecule has 0 atom stereocenters. The maximum absolute atomic E-state index is 14.2. The number of nitrogens with zero attached hydrogens (tertiary/aromatic N) is 6. The Kier molecular flexibility index (Phi) is 18.3. The van der Waals surface area contributed by atoms with Crippen LogP contribution in [0.4, 0.5) is 21.9 Å².